The molecule has 0 atom stereocenters. The largest absolute Gasteiger partial charge is 0.496 e. The van der Waals surface area contributed by atoms with Crippen molar-refractivity contribution in [2.24, 2.45) is 5.10 Å². The summed E-state index contributed by atoms with van der Waals surface area (Å²) < 4.78 is 5.28. The molecule has 7 heteroatoms. The van der Waals surface area contributed by atoms with E-state index in [9.17, 15) is 9.59 Å². The standard InChI is InChI=1S/C26H26N4O3/c1-30(2)22-15-13-19(14-16-22)17-23(28-25(31)20-9-5-4-6-10-20)26(32)29-27-18-21-11-7-8-12-24(21)33-3/h4-18H,1-3H3,(H,28,31)(H,29,32)/b23-17-,27-18+. The quantitative estimate of drug-likeness (QED) is 0.317. The van der Waals surface area contributed by atoms with E-state index < -0.39 is 11.8 Å². The van der Waals surface area contributed by atoms with Gasteiger partial charge in [0.15, 0.2) is 0 Å². The van der Waals surface area contributed by atoms with Gasteiger partial charge in [-0.25, -0.2) is 5.43 Å². The molecule has 0 saturated carbocycles. The van der Waals surface area contributed by atoms with Crippen LogP contribution in [0.25, 0.3) is 6.08 Å². The normalized spacial score (nSPS) is 11.2. The van der Waals surface area contributed by atoms with E-state index in [0.29, 0.717) is 16.9 Å². The second kappa shape index (κ2) is 11.3. The number of carbonyl (C=O) groups excluding carboxylic acids is 2. The first-order valence-corrected chi connectivity index (χ1v) is 10.3. The molecule has 0 unspecified atom stereocenters. The number of anilines is 1. The predicted octanol–water partition coefficient (Wildman–Crippen LogP) is 3.68. The fourth-order valence-corrected chi connectivity index (χ4v) is 2.97. The number of methoxy groups -OCH3 is 1. The zero-order valence-corrected chi connectivity index (χ0v) is 18.8. The zero-order valence-electron chi connectivity index (χ0n) is 18.8. The molecule has 0 fully saturated rings. The van der Waals surface area contributed by atoms with E-state index in [4.69, 9.17) is 4.74 Å². The molecular weight excluding hydrogens is 416 g/mol. The van der Waals surface area contributed by atoms with Crippen LogP contribution < -0.4 is 20.4 Å². The molecule has 0 spiro atoms. The van der Waals surface area contributed by atoms with E-state index in [1.165, 1.54) is 6.21 Å². The smallest absolute Gasteiger partial charge is 0.287 e. The molecule has 2 amide bonds. The number of rotatable bonds is 8. The topological polar surface area (TPSA) is 83.0 Å². The number of para-hydroxylation sites is 1. The Hall–Kier alpha value is -4.39. The van der Waals surface area contributed by atoms with Crippen molar-refractivity contribution in [3.63, 3.8) is 0 Å². The molecule has 0 aromatic heterocycles. The minimum atomic E-state index is -0.554. The fraction of sp³-hybridized carbons (Fsp3) is 0.115. The van der Waals surface area contributed by atoms with E-state index in [1.54, 1.807) is 43.5 Å². The highest BCUT2D eigenvalue weighted by Gasteiger charge is 2.14. The van der Waals surface area contributed by atoms with Gasteiger partial charge in [0, 0.05) is 30.9 Å². The molecule has 0 heterocycles. The summed E-state index contributed by atoms with van der Waals surface area (Å²) in [5, 5.41) is 6.72. The minimum Gasteiger partial charge on any atom is -0.496 e. The van der Waals surface area contributed by atoms with Crippen LogP contribution in [-0.2, 0) is 4.79 Å². The molecule has 0 aliphatic heterocycles. The van der Waals surface area contributed by atoms with Gasteiger partial charge in [0.05, 0.1) is 13.3 Å². The molecule has 33 heavy (non-hydrogen) atoms. The van der Waals surface area contributed by atoms with Crippen molar-refractivity contribution in [1.82, 2.24) is 10.7 Å². The van der Waals surface area contributed by atoms with Gasteiger partial charge < -0.3 is 15.0 Å². The lowest BCUT2D eigenvalue weighted by Gasteiger charge is -2.12. The van der Waals surface area contributed by atoms with Gasteiger partial charge in [0.2, 0.25) is 0 Å². The van der Waals surface area contributed by atoms with Gasteiger partial charge >= 0.3 is 0 Å². The third kappa shape index (κ3) is 6.54. The van der Waals surface area contributed by atoms with Crippen LogP contribution in [0, 0.1) is 0 Å². The SMILES string of the molecule is COc1ccccc1/C=N/NC(=O)/C(=C/c1ccc(N(C)C)cc1)NC(=O)c1ccccc1. The van der Waals surface area contributed by atoms with Gasteiger partial charge in [0.1, 0.15) is 11.4 Å². The van der Waals surface area contributed by atoms with Crippen molar-refractivity contribution in [3.8, 4) is 5.75 Å². The highest BCUT2D eigenvalue weighted by Crippen LogP contribution is 2.16. The Morgan fingerprint density at radius 1 is 0.909 bits per heavy atom. The molecule has 0 aliphatic carbocycles. The van der Waals surface area contributed by atoms with Crippen molar-refractivity contribution < 1.29 is 14.3 Å². The second-order valence-corrected chi connectivity index (χ2v) is 7.31. The Morgan fingerprint density at radius 2 is 1.58 bits per heavy atom. The highest BCUT2D eigenvalue weighted by atomic mass is 16.5. The van der Waals surface area contributed by atoms with Crippen molar-refractivity contribution >= 4 is 29.8 Å². The lowest BCUT2D eigenvalue weighted by atomic mass is 10.1. The summed E-state index contributed by atoms with van der Waals surface area (Å²) in [5.74, 6) is -0.317. The van der Waals surface area contributed by atoms with Crippen LogP contribution >= 0.6 is 0 Å². The third-order valence-electron chi connectivity index (χ3n) is 4.76. The average molecular weight is 443 g/mol. The van der Waals surface area contributed by atoms with E-state index in [1.807, 2.05) is 67.5 Å². The number of hydrogen-bond donors (Lipinski definition) is 2. The van der Waals surface area contributed by atoms with Gasteiger partial charge in [0.25, 0.3) is 11.8 Å². The maximum atomic E-state index is 12.9. The monoisotopic (exact) mass is 442 g/mol. The van der Waals surface area contributed by atoms with E-state index in [-0.39, 0.29) is 5.70 Å². The van der Waals surface area contributed by atoms with Crippen molar-refractivity contribution in [3.05, 3.63) is 101 Å². The van der Waals surface area contributed by atoms with Gasteiger partial charge in [-0.15, -0.1) is 0 Å². The fourth-order valence-electron chi connectivity index (χ4n) is 2.97. The lowest BCUT2D eigenvalue weighted by molar-refractivity contribution is -0.117. The lowest BCUT2D eigenvalue weighted by Crippen LogP contribution is -2.32. The number of hydrogen-bond acceptors (Lipinski definition) is 5. The zero-order chi connectivity index (χ0) is 23.6. The third-order valence-corrected chi connectivity index (χ3v) is 4.76. The summed E-state index contributed by atoms with van der Waals surface area (Å²) in [7, 11) is 5.46. The minimum absolute atomic E-state index is 0.0682. The Morgan fingerprint density at radius 3 is 2.24 bits per heavy atom. The molecule has 2 N–H and O–H groups in total. The first-order valence-electron chi connectivity index (χ1n) is 10.3. The Labute approximate surface area is 193 Å². The van der Waals surface area contributed by atoms with Gasteiger partial charge in [-0.3, -0.25) is 9.59 Å². The van der Waals surface area contributed by atoms with Crippen molar-refractivity contribution in [2.75, 3.05) is 26.1 Å². The molecule has 3 aromatic rings. The number of carbonyl (C=O) groups is 2. The Balaban J connectivity index is 1.82. The van der Waals surface area contributed by atoms with Crippen LogP contribution in [0.4, 0.5) is 5.69 Å². The number of amides is 2. The molecule has 0 saturated heterocycles. The number of ether oxygens (including phenoxy) is 1. The summed E-state index contributed by atoms with van der Waals surface area (Å²) in [6.45, 7) is 0. The first-order chi connectivity index (χ1) is 16.0. The van der Waals surface area contributed by atoms with Crippen LogP contribution in [-0.4, -0.2) is 39.2 Å². The summed E-state index contributed by atoms with van der Waals surface area (Å²) in [6.07, 6.45) is 3.09. The highest BCUT2D eigenvalue weighted by molar-refractivity contribution is 6.05. The summed E-state index contributed by atoms with van der Waals surface area (Å²) in [6, 6.07) is 23.6. The van der Waals surface area contributed by atoms with E-state index in [0.717, 1.165) is 11.3 Å². The summed E-state index contributed by atoms with van der Waals surface area (Å²) in [4.78, 5) is 27.5. The number of nitrogens with one attached hydrogen (secondary N) is 2. The van der Waals surface area contributed by atoms with E-state index in [2.05, 4.69) is 15.8 Å². The predicted molar refractivity (Wildman–Crippen MR) is 131 cm³/mol. The summed E-state index contributed by atoms with van der Waals surface area (Å²) >= 11 is 0. The molecule has 0 bridgehead atoms. The molecule has 0 radical (unpaired) electrons. The Bertz CT molecular complexity index is 1150. The number of nitrogens with zero attached hydrogens (tertiary/aromatic N) is 2. The van der Waals surface area contributed by atoms with Gasteiger partial charge in [-0.1, -0.05) is 42.5 Å². The van der Waals surface area contributed by atoms with E-state index >= 15 is 0 Å². The molecule has 3 rings (SSSR count). The van der Waals surface area contributed by atoms with Crippen LogP contribution in [0.2, 0.25) is 0 Å². The van der Waals surface area contributed by atoms with Crippen molar-refractivity contribution in [2.45, 2.75) is 0 Å². The van der Waals surface area contributed by atoms with Crippen LogP contribution in [0.5, 0.6) is 5.75 Å². The second-order valence-electron chi connectivity index (χ2n) is 7.31. The Kier molecular flexibility index (Phi) is 7.96. The molecule has 3 aromatic carbocycles. The first kappa shape index (κ1) is 23.3. The molecular formula is C26H26N4O3. The molecule has 0 aliphatic rings. The molecule has 7 nitrogen and oxygen atoms in total. The van der Waals surface area contributed by atoms with Gasteiger partial charge in [-0.05, 0) is 48.0 Å². The molecule has 168 valence electrons. The number of hydrazone groups is 1. The maximum absolute atomic E-state index is 12.9. The number of benzene rings is 3. The summed E-state index contributed by atoms with van der Waals surface area (Å²) in [5.41, 5.74) is 5.47. The van der Waals surface area contributed by atoms with Crippen molar-refractivity contribution in [1.29, 1.82) is 0 Å². The van der Waals surface area contributed by atoms with Crippen LogP contribution in [0.15, 0.2) is 89.7 Å². The van der Waals surface area contributed by atoms with Crippen LogP contribution in [0.3, 0.4) is 0 Å². The van der Waals surface area contributed by atoms with Gasteiger partial charge in [-0.2, -0.15) is 5.10 Å². The van der Waals surface area contributed by atoms with Crippen LogP contribution in [0.1, 0.15) is 21.5 Å². The average Bonchev–Trinajstić information content (AvgIpc) is 2.84. The maximum Gasteiger partial charge on any atom is 0.287 e.